The number of aliphatic carboxylic acids is 1. The molecule has 5 nitrogen and oxygen atoms in total. The third-order valence-electron chi connectivity index (χ3n) is 4.14. The van der Waals surface area contributed by atoms with Crippen LogP contribution in [0.3, 0.4) is 0 Å². The molecule has 20 heavy (non-hydrogen) atoms. The van der Waals surface area contributed by atoms with Gasteiger partial charge in [0, 0.05) is 19.0 Å². The van der Waals surface area contributed by atoms with E-state index < -0.39 is 5.97 Å². The lowest BCUT2D eigenvalue weighted by molar-refractivity contribution is -0.190. The van der Waals surface area contributed by atoms with Gasteiger partial charge in [0.05, 0.1) is 17.1 Å². The van der Waals surface area contributed by atoms with Crippen LogP contribution in [0.2, 0.25) is 0 Å². The van der Waals surface area contributed by atoms with Gasteiger partial charge in [0.1, 0.15) is 0 Å². The Labute approximate surface area is 120 Å². The van der Waals surface area contributed by atoms with Gasteiger partial charge in [-0.3, -0.25) is 9.59 Å². The minimum Gasteiger partial charge on any atom is -0.481 e. The Morgan fingerprint density at radius 2 is 1.55 bits per heavy atom. The molecule has 0 radical (unpaired) electrons. The molecule has 2 rings (SSSR count). The molecule has 0 aromatic rings. The van der Waals surface area contributed by atoms with Gasteiger partial charge in [0.2, 0.25) is 5.91 Å². The van der Waals surface area contributed by atoms with Crippen molar-refractivity contribution in [3.05, 3.63) is 0 Å². The molecule has 2 aliphatic rings. The average Bonchev–Trinajstić information content (AvgIpc) is 2.72. The number of hydrogen-bond donors (Lipinski definition) is 1. The summed E-state index contributed by atoms with van der Waals surface area (Å²) >= 11 is 0. The Kier molecular flexibility index (Phi) is 3.84. The zero-order valence-electron chi connectivity index (χ0n) is 12.8. The van der Waals surface area contributed by atoms with E-state index in [2.05, 4.69) is 0 Å². The molecule has 2 fully saturated rings. The first-order chi connectivity index (χ1) is 9.10. The number of morpholine rings is 1. The van der Waals surface area contributed by atoms with E-state index in [9.17, 15) is 9.59 Å². The highest BCUT2D eigenvalue weighted by molar-refractivity contribution is 5.81. The van der Waals surface area contributed by atoms with Crippen molar-refractivity contribution < 1.29 is 19.4 Å². The fourth-order valence-corrected chi connectivity index (χ4v) is 3.63. The second kappa shape index (κ2) is 5.02. The maximum absolute atomic E-state index is 12.6. The lowest BCUT2D eigenvalue weighted by atomic mass is 9.96. The molecule has 2 atom stereocenters. The topological polar surface area (TPSA) is 66.8 Å². The van der Waals surface area contributed by atoms with E-state index >= 15 is 0 Å². The standard InChI is InChI=1S/C15H25NO4/c1-14(2)8-16(9-15(3,4)20-14)12(17)10-5-6-11(7-10)13(18)19/h10-11H,5-9H2,1-4H3,(H,18,19)/t10-,11+/m1/s1. The highest BCUT2D eigenvalue weighted by Crippen LogP contribution is 2.35. The van der Waals surface area contributed by atoms with Gasteiger partial charge >= 0.3 is 5.97 Å². The van der Waals surface area contributed by atoms with Crippen LogP contribution < -0.4 is 0 Å². The summed E-state index contributed by atoms with van der Waals surface area (Å²) in [7, 11) is 0. The van der Waals surface area contributed by atoms with Crippen LogP contribution in [0.4, 0.5) is 0 Å². The van der Waals surface area contributed by atoms with Crippen LogP contribution in [0.25, 0.3) is 0 Å². The normalized spacial score (nSPS) is 32.1. The lowest BCUT2D eigenvalue weighted by Crippen LogP contribution is -2.59. The lowest BCUT2D eigenvalue weighted by Gasteiger charge is -2.47. The number of rotatable bonds is 2. The van der Waals surface area contributed by atoms with Gasteiger partial charge in [0.25, 0.3) is 0 Å². The van der Waals surface area contributed by atoms with Crippen molar-refractivity contribution in [2.45, 2.75) is 58.2 Å². The molecule has 1 N–H and O–H groups in total. The first-order valence-electron chi connectivity index (χ1n) is 7.31. The minimum atomic E-state index is -0.775. The molecule has 5 heteroatoms. The zero-order valence-corrected chi connectivity index (χ0v) is 12.8. The smallest absolute Gasteiger partial charge is 0.306 e. The number of amides is 1. The van der Waals surface area contributed by atoms with Crippen LogP contribution in [0.1, 0.15) is 47.0 Å². The Morgan fingerprint density at radius 3 is 2.00 bits per heavy atom. The molecule has 0 aromatic heterocycles. The fraction of sp³-hybridized carbons (Fsp3) is 0.867. The monoisotopic (exact) mass is 283 g/mol. The van der Waals surface area contributed by atoms with E-state index in [0.29, 0.717) is 32.4 Å². The maximum Gasteiger partial charge on any atom is 0.306 e. The summed E-state index contributed by atoms with van der Waals surface area (Å²) in [6, 6.07) is 0. The number of carboxylic acid groups (broad SMARTS) is 1. The van der Waals surface area contributed by atoms with Crippen LogP contribution in [0, 0.1) is 11.8 Å². The molecular formula is C15H25NO4. The molecule has 1 saturated carbocycles. The highest BCUT2D eigenvalue weighted by Gasteiger charge is 2.43. The fourth-order valence-electron chi connectivity index (χ4n) is 3.63. The van der Waals surface area contributed by atoms with Gasteiger partial charge in [-0.15, -0.1) is 0 Å². The van der Waals surface area contributed by atoms with Crippen molar-refractivity contribution in [1.29, 1.82) is 0 Å². The molecule has 1 amide bonds. The van der Waals surface area contributed by atoms with Crippen molar-refractivity contribution in [2.75, 3.05) is 13.1 Å². The highest BCUT2D eigenvalue weighted by atomic mass is 16.5. The summed E-state index contributed by atoms with van der Waals surface area (Å²) in [4.78, 5) is 25.5. The van der Waals surface area contributed by atoms with E-state index in [1.165, 1.54) is 0 Å². The van der Waals surface area contributed by atoms with Crippen molar-refractivity contribution in [3.63, 3.8) is 0 Å². The number of hydrogen-bond acceptors (Lipinski definition) is 3. The van der Waals surface area contributed by atoms with Crippen LogP contribution in [-0.2, 0) is 14.3 Å². The average molecular weight is 283 g/mol. The summed E-state index contributed by atoms with van der Waals surface area (Å²) < 4.78 is 5.98. The van der Waals surface area contributed by atoms with E-state index in [1.54, 1.807) is 0 Å². The molecule has 1 heterocycles. The van der Waals surface area contributed by atoms with Gasteiger partial charge in [-0.05, 0) is 47.0 Å². The third kappa shape index (κ3) is 3.32. The first-order valence-corrected chi connectivity index (χ1v) is 7.31. The Hall–Kier alpha value is -1.10. The molecule has 0 aromatic carbocycles. The van der Waals surface area contributed by atoms with Gasteiger partial charge in [-0.25, -0.2) is 0 Å². The van der Waals surface area contributed by atoms with Crippen molar-refractivity contribution in [3.8, 4) is 0 Å². The predicted molar refractivity (Wildman–Crippen MR) is 74.3 cm³/mol. The summed E-state index contributed by atoms with van der Waals surface area (Å²) in [5.74, 6) is -1.17. The van der Waals surface area contributed by atoms with Crippen LogP contribution >= 0.6 is 0 Å². The molecule has 0 bridgehead atoms. The Balaban J connectivity index is 2.04. The van der Waals surface area contributed by atoms with Gasteiger partial charge in [-0.2, -0.15) is 0 Å². The molecule has 0 unspecified atom stereocenters. The number of nitrogens with zero attached hydrogens (tertiary/aromatic N) is 1. The molecule has 1 aliphatic carbocycles. The van der Waals surface area contributed by atoms with Crippen LogP contribution in [0.5, 0.6) is 0 Å². The predicted octanol–water partition coefficient (Wildman–Crippen LogP) is 1.90. The maximum atomic E-state index is 12.6. The van der Waals surface area contributed by atoms with E-state index in [-0.39, 0.29) is 28.9 Å². The number of carbonyl (C=O) groups excluding carboxylic acids is 1. The third-order valence-corrected chi connectivity index (χ3v) is 4.14. The van der Waals surface area contributed by atoms with Gasteiger partial charge in [-0.1, -0.05) is 0 Å². The number of ether oxygens (including phenoxy) is 1. The SMILES string of the molecule is CC1(C)CN(C(=O)[C@@H]2CC[C@H](C(=O)O)C2)CC(C)(C)O1. The van der Waals surface area contributed by atoms with Crippen molar-refractivity contribution in [1.82, 2.24) is 4.90 Å². The molecule has 1 aliphatic heterocycles. The second-order valence-corrected chi connectivity index (χ2v) is 7.36. The Morgan fingerprint density at radius 1 is 1.05 bits per heavy atom. The quantitative estimate of drug-likeness (QED) is 0.840. The number of carboxylic acids is 1. The second-order valence-electron chi connectivity index (χ2n) is 7.36. The Bertz CT molecular complexity index is 400. The zero-order chi connectivity index (χ0) is 15.1. The molecule has 1 saturated heterocycles. The van der Waals surface area contributed by atoms with Crippen molar-refractivity contribution in [2.24, 2.45) is 11.8 Å². The molecular weight excluding hydrogens is 258 g/mol. The summed E-state index contributed by atoms with van der Waals surface area (Å²) in [5.41, 5.74) is -0.718. The molecule has 114 valence electrons. The summed E-state index contributed by atoms with van der Waals surface area (Å²) in [5, 5.41) is 9.04. The van der Waals surface area contributed by atoms with Crippen LogP contribution in [-0.4, -0.2) is 46.2 Å². The summed E-state index contributed by atoms with van der Waals surface area (Å²) in [6.07, 6.45) is 1.78. The van der Waals surface area contributed by atoms with Gasteiger partial charge < -0.3 is 14.7 Å². The van der Waals surface area contributed by atoms with Gasteiger partial charge in [0.15, 0.2) is 0 Å². The first kappa shape index (κ1) is 15.3. The molecule has 0 spiro atoms. The van der Waals surface area contributed by atoms with E-state index in [1.807, 2.05) is 32.6 Å². The largest absolute Gasteiger partial charge is 0.481 e. The van der Waals surface area contributed by atoms with E-state index in [4.69, 9.17) is 9.84 Å². The minimum absolute atomic E-state index is 0.0956. The summed E-state index contributed by atoms with van der Waals surface area (Å²) in [6.45, 7) is 9.10. The van der Waals surface area contributed by atoms with Crippen molar-refractivity contribution >= 4 is 11.9 Å². The van der Waals surface area contributed by atoms with Crippen LogP contribution in [0.15, 0.2) is 0 Å². The van der Waals surface area contributed by atoms with E-state index in [0.717, 1.165) is 0 Å². The number of carbonyl (C=O) groups is 2.